The molecule has 0 amide bonds. The lowest BCUT2D eigenvalue weighted by atomic mass is 9.97. The maximum Gasteiger partial charge on any atom is 0.145 e. The molecule has 0 radical (unpaired) electrons. The van der Waals surface area contributed by atoms with E-state index in [1.54, 1.807) is 7.05 Å². The van der Waals surface area contributed by atoms with E-state index >= 15 is 0 Å². The molecule has 3 N–H and O–H groups in total. The van der Waals surface area contributed by atoms with Crippen LogP contribution >= 0.6 is 55.5 Å². The maximum absolute atomic E-state index is 11.5. The van der Waals surface area contributed by atoms with Gasteiger partial charge in [0.2, 0.25) is 0 Å². The zero-order chi connectivity index (χ0) is 12.1. The van der Waals surface area contributed by atoms with Crippen LogP contribution in [0.1, 0.15) is 0 Å². The van der Waals surface area contributed by atoms with Crippen LogP contribution in [-0.2, 0) is 4.57 Å². The fraction of sp³-hybridized carbons (Fsp3) is 1.00. The van der Waals surface area contributed by atoms with E-state index in [0.29, 0.717) is 6.54 Å². The minimum Gasteiger partial charge on any atom is -0.776 e. The number of halogens is 3. The monoisotopic (exact) mass is 445 g/mol. The van der Waals surface area contributed by atoms with Crippen molar-refractivity contribution in [3.8, 4) is 0 Å². The molecule has 0 fully saturated rings. The molecule has 100 valence electrons. The summed E-state index contributed by atoms with van der Waals surface area (Å²) in [4.78, 5) is 11.5. The highest BCUT2D eigenvalue weighted by atomic mass is 79.9. The number of nitrogens with zero attached hydrogens (tertiary/aromatic N) is 1. The van der Waals surface area contributed by atoms with Gasteiger partial charge in [0.1, 0.15) is 7.67 Å². The smallest absolute Gasteiger partial charge is 0.145 e. The van der Waals surface area contributed by atoms with Gasteiger partial charge in [0.25, 0.3) is 0 Å². The molecule has 0 aliphatic rings. The third-order valence-electron chi connectivity index (χ3n) is 2.15. The van der Waals surface area contributed by atoms with Crippen molar-refractivity contribution in [1.29, 1.82) is 0 Å². The van der Waals surface area contributed by atoms with E-state index in [9.17, 15) is 9.46 Å². The summed E-state index contributed by atoms with van der Waals surface area (Å²) in [6, 6.07) is 0. The van der Waals surface area contributed by atoms with Crippen LogP contribution in [0, 0.1) is 5.41 Å². The predicted octanol–water partition coefficient (Wildman–Crippen LogP) is 0.952. The molecule has 0 aliphatic heterocycles. The van der Waals surface area contributed by atoms with E-state index in [0.717, 1.165) is 16.0 Å². The third-order valence-corrected chi connectivity index (χ3v) is 7.32. The van der Waals surface area contributed by atoms with E-state index in [2.05, 4.69) is 52.9 Å². The van der Waals surface area contributed by atoms with Crippen LogP contribution in [0.4, 0.5) is 0 Å². The number of hydrogen-bond acceptors (Lipinski definition) is 2. The van der Waals surface area contributed by atoms with E-state index in [1.807, 2.05) is 0 Å². The normalized spacial score (nSPS) is 15.7. The predicted molar refractivity (Wildman–Crippen MR) is 76.7 cm³/mol. The Bertz CT molecular complexity index is 233. The number of hydrogen-bond donors (Lipinski definition) is 1. The van der Waals surface area contributed by atoms with Crippen LogP contribution in [0.3, 0.4) is 0 Å². The molecule has 16 heavy (non-hydrogen) atoms. The first-order valence-corrected chi connectivity index (χ1v) is 9.21. The summed E-state index contributed by atoms with van der Waals surface area (Å²) in [6.07, 6.45) is 0. The topological polar surface area (TPSA) is 86.9 Å². The first-order valence-electron chi connectivity index (χ1n) is 4.27. The van der Waals surface area contributed by atoms with Gasteiger partial charge in [-0.25, -0.2) is 0 Å². The molecular weight excluding hydrogens is 431 g/mol. The first-order chi connectivity index (χ1) is 6.87. The highest BCUT2D eigenvalue weighted by Crippen LogP contribution is 2.37. The van der Waals surface area contributed by atoms with Gasteiger partial charge in [0.15, 0.2) is 0 Å². The molecule has 0 heterocycles. The van der Waals surface area contributed by atoms with Crippen molar-refractivity contribution in [3.05, 3.63) is 0 Å². The molecule has 1 unspecified atom stereocenters. The molecule has 1 atom stereocenters. The van der Waals surface area contributed by atoms with Gasteiger partial charge in [0, 0.05) is 28.0 Å². The number of nitrogens with one attached hydrogen (secondary N) is 1. The Labute approximate surface area is 122 Å². The Morgan fingerprint density at radius 2 is 1.69 bits per heavy atom. The summed E-state index contributed by atoms with van der Waals surface area (Å²) in [5.41, 5.74) is -0.133. The molecule has 0 saturated heterocycles. The van der Waals surface area contributed by atoms with Crippen molar-refractivity contribution in [1.82, 2.24) is 9.76 Å². The van der Waals surface area contributed by atoms with E-state index in [-0.39, 0.29) is 10.9 Å². The molecule has 0 spiro atoms. The zero-order valence-corrected chi connectivity index (χ0v) is 14.8. The molecule has 0 aliphatic carbocycles. The van der Waals surface area contributed by atoms with Crippen LogP contribution in [0.5, 0.6) is 0 Å². The average molecular weight is 448 g/mol. The second kappa shape index (κ2) is 8.58. The second-order valence-electron chi connectivity index (χ2n) is 3.46. The van der Waals surface area contributed by atoms with Crippen LogP contribution in [0.15, 0.2) is 0 Å². The summed E-state index contributed by atoms with van der Waals surface area (Å²) < 4.78 is 12.9. The fourth-order valence-corrected chi connectivity index (χ4v) is 5.13. The summed E-state index contributed by atoms with van der Waals surface area (Å²) in [5.74, 6) is 0. The Morgan fingerprint density at radius 3 is 1.94 bits per heavy atom. The first kappa shape index (κ1) is 19.8. The van der Waals surface area contributed by atoms with Gasteiger partial charge in [-0.15, -0.1) is 0 Å². The Morgan fingerprint density at radius 1 is 1.31 bits per heavy atom. The van der Waals surface area contributed by atoms with Crippen molar-refractivity contribution in [2.75, 3.05) is 36.6 Å². The second-order valence-corrected chi connectivity index (χ2v) is 7.31. The third kappa shape index (κ3) is 5.44. The Hall–Kier alpha value is 1.51. The van der Waals surface area contributed by atoms with Gasteiger partial charge in [-0.2, -0.15) is 0 Å². The van der Waals surface area contributed by atoms with Gasteiger partial charge in [-0.05, 0) is 14.1 Å². The lowest BCUT2D eigenvalue weighted by Crippen LogP contribution is -2.42. The lowest BCUT2D eigenvalue weighted by Gasteiger charge is -2.39. The molecule has 5 nitrogen and oxygen atoms in total. The SMILES string of the molecule is CNP(=O)([O-])N(C)CC(CBr)(CBr)CBr.O. The molecule has 0 aromatic carbocycles. The number of alkyl halides is 3. The highest BCUT2D eigenvalue weighted by Gasteiger charge is 2.30. The van der Waals surface area contributed by atoms with Crippen LogP contribution < -0.4 is 9.98 Å². The minimum atomic E-state index is -3.63. The quantitative estimate of drug-likeness (QED) is 0.465. The summed E-state index contributed by atoms with van der Waals surface area (Å²) >= 11 is 10.2. The lowest BCUT2D eigenvalue weighted by molar-refractivity contribution is -0.190. The van der Waals surface area contributed by atoms with Crippen molar-refractivity contribution in [3.63, 3.8) is 0 Å². The Balaban J connectivity index is 0. The van der Waals surface area contributed by atoms with E-state index in [4.69, 9.17) is 0 Å². The largest absolute Gasteiger partial charge is 0.776 e. The van der Waals surface area contributed by atoms with Gasteiger partial charge in [0.05, 0.1) is 0 Å². The van der Waals surface area contributed by atoms with Gasteiger partial charge in [-0.3, -0.25) is 9.76 Å². The summed E-state index contributed by atoms with van der Waals surface area (Å²) in [5, 5.41) is 4.50. The van der Waals surface area contributed by atoms with Gasteiger partial charge in [-0.1, -0.05) is 47.8 Å². The van der Waals surface area contributed by atoms with Crippen molar-refractivity contribution in [2.45, 2.75) is 0 Å². The van der Waals surface area contributed by atoms with Crippen molar-refractivity contribution < 1.29 is 14.9 Å². The molecule has 0 saturated carbocycles. The minimum absolute atomic E-state index is 0. The zero-order valence-electron chi connectivity index (χ0n) is 9.17. The standard InChI is InChI=1S/C7H16Br3N2O2P.H2O/c1-11-15(13,14)12(2)6-7(3-8,4-9)5-10;/h3-6H2,1-2H3,(H2,11,13,14);1H2/p-1. The molecule has 0 bridgehead atoms. The molecule has 0 rings (SSSR count). The number of rotatable bonds is 7. The molecule has 0 aromatic heterocycles. The fourth-order valence-electron chi connectivity index (χ4n) is 0.983. The van der Waals surface area contributed by atoms with Crippen LogP contribution in [0.2, 0.25) is 0 Å². The average Bonchev–Trinajstić information content (AvgIpc) is 2.25. The molecule has 0 aromatic rings. The van der Waals surface area contributed by atoms with Crippen LogP contribution in [0.25, 0.3) is 0 Å². The van der Waals surface area contributed by atoms with Gasteiger partial charge < -0.3 is 14.9 Å². The highest BCUT2D eigenvalue weighted by molar-refractivity contribution is 9.10. The van der Waals surface area contributed by atoms with Crippen molar-refractivity contribution in [2.24, 2.45) is 5.41 Å². The molecule has 9 heteroatoms. The maximum atomic E-state index is 11.5. The van der Waals surface area contributed by atoms with Gasteiger partial charge >= 0.3 is 0 Å². The van der Waals surface area contributed by atoms with E-state index < -0.39 is 7.67 Å². The van der Waals surface area contributed by atoms with E-state index in [1.165, 1.54) is 11.7 Å². The molecular formula is C7H17Br3N2O3P-. The summed E-state index contributed by atoms with van der Waals surface area (Å²) in [6.45, 7) is 0.455. The summed E-state index contributed by atoms with van der Waals surface area (Å²) in [7, 11) is -0.634. The van der Waals surface area contributed by atoms with Crippen LogP contribution in [-0.4, -0.2) is 46.8 Å². The van der Waals surface area contributed by atoms with Crippen molar-refractivity contribution >= 4 is 55.5 Å². The Kier molecular flexibility index (Phi) is 10.6.